The van der Waals surface area contributed by atoms with E-state index in [0.29, 0.717) is 31.9 Å². The first kappa shape index (κ1) is 16.0. The molecule has 1 aromatic carbocycles. The van der Waals surface area contributed by atoms with Gasteiger partial charge in [0.25, 0.3) is 5.84 Å². The Hall–Kier alpha value is -1.39. The van der Waals surface area contributed by atoms with Gasteiger partial charge in [0.1, 0.15) is 12.6 Å². The molecule has 0 N–H and O–H groups in total. The molecular weight excluding hydrogens is 264 g/mol. The van der Waals surface area contributed by atoms with Crippen molar-refractivity contribution in [3.05, 3.63) is 35.9 Å². The van der Waals surface area contributed by atoms with E-state index in [1.165, 1.54) is 11.4 Å². The number of ether oxygens (including phenoxy) is 2. The molecule has 0 saturated carbocycles. The molecule has 4 nitrogen and oxygen atoms in total. The molecule has 0 aromatic heterocycles. The van der Waals surface area contributed by atoms with E-state index in [2.05, 4.69) is 60.7 Å². The number of nitrogens with zero attached hydrogens (tertiary/aromatic N) is 2. The lowest BCUT2D eigenvalue weighted by Crippen LogP contribution is -2.42. The molecule has 1 atom stereocenters. The summed E-state index contributed by atoms with van der Waals surface area (Å²) in [7, 11) is 3.86. The lowest BCUT2D eigenvalue weighted by molar-refractivity contribution is -0.490. The summed E-state index contributed by atoms with van der Waals surface area (Å²) < 4.78 is 13.2. The van der Waals surface area contributed by atoms with E-state index in [4.69, 9.17) is 9.47 Å². The van der Waals surface area contributed by atoms with E-state index in [1.54, 1.807) is 7.11 Å². The van der Waals surface area contributed by atoms with Crippen LogP contribution in [0.2, 0.25) is 0 Å². The van der Waals surface area contributed by atoms with Crippen LogP contribution in [-0.2, 0) is 9.47 Å². The zero-order valence-electron chi connectivity index (χ0n) is 13.6. The van der Waals surface area contributed by atoms with Crippen LogP contribution >= 0.6 is 0 Å². The first-order chi connectivity index (χ1) is 10.1. The van der Waals surface area contributed by atoms with E-state index in [9.17, 15) is 0 Å². The third kappa shape index (κ3) is 3.83. The third-order valence-corrected chi connectivity index (χ3v) is 3.96. The average Bonchev–Trinajstić information content (AvgIpc) is 2.81. The molecule has 116 valence electrons. The molecule has 0 amide bonds. The molecule has 1 aliphatic heterocycles. The fourth-order valence-electron chi connectivity index (χ4n) is 2.85. The van der Waals surface area contributed by atoms with Crippen molar-refractivity contribution in [3.63, 3.8) is 0 Å². The summed E-state index contributed by atoms with van der Waals surface area (Å²) in [6, 6.07) is 11.0. The maximum atomic E-state index is 5.79. The Bertz CT molecular complexity index is 471. The highest BCUT2D eigenvalue weighted by molar-refractivity contribution is 5.95. The maximum absolute atomic E-state index is 5.79. The van der Waals surface area contributed by atoms with E-state index < -0.39 is 0 Å². The Balaban J connectivity index is 2.16. The second-order valence-electron chi connectivity index (χ2n) is 5.88. The molecule has 1 aromatic rings. The minimum atomic E-state index is 0.479. The van der Waals surface area contributed by atoms with E-state index in [1.807, 2.05) is 0 Å². The molecule has 0 saturated heterocycles. The maximum Gasteiger partial charge on any atom is 0.281 e. The van der Waals surface area contributed by atoms with Crippen LogP contribution in [0.3, 0.4) is 0 Å². The highest BCUT2D eigenvalue weighted by atomic mass is 16.5. The summed E-state index contributed by atoms with van der Waals surface area (Å²) >= 11 is 0. The Morgan fingerprint density at radius 2 is 1.95 bits per heavy atom. The van der Waals surface area contributed by atoms with Gasteiger partial charge in [-0.3, -0.25) is 4.58 Å². The van der Waals surface area contributed by atoms with Crippen LogP contribution in [0.15, 0.2) is 30.3 Å². The number of likely N-dealkylation sites (N-methyl/N-ethyl adjacent to an activating group) is 1. The summed E-state index contributed by atoms with van der Waals surface area (Å²) in [6.45, 7) is 7.46. The van der Waals surface area contributed by atoms with Gasteiger partial charge in [0.05, 0.1) is 25.8 Å². The van der Waals surface area contributed by atoms with Gasteiger partial charge < -0.3 is 9.47 Å². The topological polar surface area (TPSA) is 24.7 Å². The Kier molecular flexibility index (Phi) is 5.76. The Morgan fingerprint density at radius 3 is 2.57 bits per heavy atom. The first-order valence-electron chi connectivity index (χ1n) is 7.62. The third-order valence-electron chi connectivity index (χ3n) is 3.96. The van der Waals surface area contributed by atoms with Gasteiger partial charge in [0.2, 0.25) is 0 Å². The summed E-state index contributed by atoms with van der Waals surface area (Å²) in [5, 5.41) is 0. The van der Waals surface area contributed by atoms with E-state index in [-0.39, 0.29) is 0 Å². The van der Waals surface area contributed by atoms with Crippen LogP contribution in [0.25, 0.3) is 0 Å². The number of rotatable bonds is 7. The molecule has 4 heteroatoms. The van der Waals surface area contributed by atoms with Crippen molar-refractivity contribution in [2.24, 2.45) is 5.92 Å². The fourth-order valence-corrected chi connectivity index (χ4v) is 2.85. The van der Waals surface area contributed by atoms with E-state index in [0.717, 1.165) is 6.54 Å². The molecule has 0 radical (unpaired) electrons. The van der Waals surface area contributed by atoms with Crippen molar-refractivity contribution in [2.75, 3.05) is 40.6 Å². The Morgan fingerprint density at radius 1 is 1.24 bits per heavy atom. The fraction of sp³-hybridized carbons (Fsp3) is 0.588. The van der Waals surface area contributed by atoms with Crippen LogP contribution in [0, 0.1) is 5.92 Å². The second kappa shape index (κ2) is 7.57. The number of hydrogen-bond donors (Lipinski definition) is 0. The van der Waals surface area contributed by atoms with Crippen LogP contribution in [0.5, 0.6) is 0 Å². The van der Waals surface area contributed by atoms with Crippen molar-refractivity contribution in [2.45, 2.75) is 19.9 Å². The summed E-state index contributed by atoms with van der Waals surface area (Å²) in [5.74, 6) is 1.84. The van der Waals surface area contributed by atoms with Gasteiger partial charge in [-0.05, 0) is 18.1 Å². The number of methoxy groups -OCH3 is 1. The SMILES string of the molecule is COCCOCN1C(c2ccccc2)=[N+](C)C[C@@H]1C(C)C. The molecule has 0 aliphatic carbocycles. The standard InChI is InChI=1S/C17H27N2O2/c1-14(2)16-12-18(3)17(15-8-6-5-7-9-15)19(16)13-21-11-10-20-4/h5-9,14,16H,10-13H2,1-4H3/q+1/t16-/m1/s1. The van der Waals surface area contributed by atoms with Gasteiger partial charge in [0, 0.05) is 7.11 Å². The zero-order chi connectivity index (χ0) is 15.2. The first-order valence-corrected chi connectivity index (χ1v) is 7.62. The number of amidine groups is 1. The molecular formula is C17H27N2O2+. The lowest BCUT2D eigenvalue weighted by atomic mass is 10.0. The molecule has 0 fully saturated rings. The van der Waals surface area contributed by atoms with Crippen LogP contribution < -0.4 is 0 Å². The summed E-state index contributed by atoms with van der Waals surface area (Å²) in [4.78, 5) is 2.38. The average molecular weight is 291 g/mol. The van der Waals surface area contributed by atoms with Crippen molar-refractivity contribution < 1.29 is 14.0 Å². The normalized spacial score (nSPS) is 18.9. The predicted octanol–water partition coefficient (Wildman–Crippen LogP) is 2.04. The van der Waals surface area contributed by atoms with Crippen molar-refractivity contribution in [1.29, 1.82) is 0 Å². The van der Waals surface area contributed by atoms with Crippen LogP contribution in [-0.4, -0.2) is 62.0 Å². The number of benzene rings is 1. The molecule has 2 rings (SSSR count). The molecule has 0 bridgehead atoms. The van der Waals surface area contributed by atoms with Gasteiger partial charge in [0.15, 0.2) is 6.73 Å². The molecule has 1 heterocycles. The van der Waals surface area contributed by atoms with Crippen molar-refractivity contribution in [3.8, 4) is 0 Å². The summed E-state index contributed by atoms with van der Waals surface area (Å²) in [6.07, 6.45) is 0. The molecule has 0 spiro atoms. The zero-order valence-corrected chi connectivity index (χ0v) is 13.6. The monoisotopic (exact) mass is 291 g/mol. The predicted molar refractivity (Wildman–Crippen MR) is 84.8 cm³/mol. The molecule has 1 aliphatic rings. The molecule has 21 heavy (non-hydrogen) atoms. The highest BCUT2D eigenvalue weighted by Gasteiger charge is 2.40. The smallest absolute Gasteiger partial charge is 0.281 e. The van der Waals surface area contributed by atoms with Crippen LogP contribution in [0.1, 0.15) is 19.4 Å². The van der Waals surface area contributed by atoms with Gasteiger partial charge in [-0.1, -0.05) is 32.0 Å². The van der Waals surface area contributed by atoms with Gasteiger partial charge >= 0.3 is 0 Å². The minimum Gasteiger partial charge on any atom is -0.382 e. The largest absolute Gasteiger partial charge is 0.382 e. The van der Waals surface area contributed by atoms with Crippen molar-refractivity contribution >= 4 is 5.84 Å². The quantitative estimate of drug-likeness (QED) is 0.568. The van der Waals surface area contributed by atoms with Crippen LogP contribution in [0.4, 0.5) is 0 Å². The Labute approximate surface area is 128 Å². The van der Waals surface area contributed by atoms with Gasteiger partial charge in [-0.15, -0.1) is 0 Å². The highest BCUT2D eigenvalue weighted by Crippen LogP contribution is 2.21. The number of hydrogen-bond acceptors (Lipinski definition) is 3. The lowest BCUT2D eigenvalue weighted by Gasteiger charge is -2.23. The minimum absolute atomic E-state index is 0.479. The van der Waals surface area contributed by atoms with Gasteiger partial charge in [-0.25, -0.2) is 4.90 Å². The second-order valence-corrected chi connectivity index (χ2v) is 5.88. The van der Waals surface area contributed by atoms with Gasteiger partial charge in [-0.2, -0.15) is 0 Å². The summed E-state index contributed by atoms with van der Waals surface area (Å²) in [5.41, 5.74) is 1.25. The van der Waals surface area contributed by atoms with Crippen molar-refractivity contribution in [1.82, 2.24) is 4.90 Å². The van der Waals surface area contributed by atoms with E-state index >= 15 is 0 Å². The molecule has 0 unspecified atom stereocenters.